The highest BCUT2D eigenvalue weighted by atomic mass is 35.5. The number of benzene rings is 2. The van der Waals surface area contributed by atoms with Crippen molar-refractivity contribution in [1.29, 1.82) is 0 Å². The number of aliphatic hydroxyl groups excluding tert-OH is 1. The molecule has 0 bridgehead atoms. The Morgan fingerprint density at radius 3 is 2.44 bits per heavy atom. The third kappa shape index (κ3) is 3.77. The molecule has 5 rings (SSSR count). The lowest BCUT2D eigenvalue weighted by atomic mass is 9.97. The number of nitrogens with zero attached hydrogens (tertiary/aromatic N) is 3. The fourth-order valence-corrected chi connectivity index (χ4v) is 5.44. The lowest BCUT2D eigenvalue weighted by Gasteiger charge is -2.22. The standard InChI is InChI=1S/C26H20ClN3O5S/c1-13-11-19-16(12-14(13)27)29-26(36-19)30-22(15-7-4-5-10-28-15)21(24(32)25(30)33)23(31)20-17(34-2)8-6-9-18(20)35-3/h4-12,22,31H,1-3H3/b23-21+. The Morgan fingerprint density at radius 2 is 1.81 bits per heavy atom. The molecule has 1 aliphatic heterocycles. The highest BCUT2D eigenvalue weighted by Crippen LogP contribution is 2.46. The van der Waals surface area contributed by atoms with Gasteiger partial charge in [0.15, 0.2) is 5.13 Å². The number of carbonyl (C=O) groups excluding carboxylic acids is 2. The Labute approximate surface area is 215 Å². The number of methoxy groups -OCH3 is 2. The number of amides is 1. The molecule has 1 unspecified atom stereocenters. The van der Waals surface area contributed by atoms with Gasteiger partial charge in [0.05, 0.1) is 35.7 Å². The lowest BCUT2D eigenvalue weighted by Crippen LogP contribution is -2.29. The summed E-state index contributed by atoms with van der Waals surface area (Å²) in [5.74, 6) is -1.57. The van der Waals surface area contributed by atoms with Gasteiger partial charge in [0.25, 0.3) is 5.78 Å². The molecule has 4 aromatic rings. The first-order valence-corrected chi connectivity index (χ1v) is 12.0. The van der Waals surface area contributed by atoms with Crippen molar-refractivity contribution in [2.24, 2.45) is 0 Å². The van der Waals surface area contributed by atoms with E-state index in [0.717, 1.165) is 10.3 Å². The molecule has 182 valence electrons. The summed E-state index contributed by atoms with van der Waals surface area (Å²) in [7, 11) is 2.88. The third-order valence-corrected chi connectivity index (χ3v) is 7.37. The van der Waals surface area contributed by atoms with Crippen LogP contribution in [0.25, 0.3) is 16.0 Å². The number of Topliss-reactive ketones (excluding diaryl/α,β-unsaturated/α-hetero) is 1. The van der Waals surface area contributed by atoms with Crippen molar-refractivity contribution in [3.05, 3.63) is 82.1 Å². The Bertz CT molecular complexity index is 1490. The maximum absolute atomic E-state index is 13.4. The fraction of sp³-hybridized carbons (Fsp3) is 0.154. The van der Waals surface area contributed by atoms with E-state index < -0.39 is 23.5 Å². The number of ether oxygens (including phenoxy) is 2. The average molecular weight is 522 g/mol. The first kappa shape index (κ1) is 23.8. The number of halogens is 1. The molecular weight excluding hydrogens is 502 g/mol. The molecule has 36 heavy (non-hydrogen) atoms. The molecule has 1 saturated heterocycles. The predicted molar refractivity (Wildman–Crippen MR) is 138 cm³/mol. The van der Waals surface area contributed by atoms with E-state index in [1.165, 1.54) is 30.5 Å². The SMILES string of the molecule is COc1cccc(OC)c1/C(O)=C1\C(=O)C(=O)N(c2nc3cc(Cl)c(C)cc3s2)C1c1ccccn1. The molecule has 8 nitrogen and oxygen atoms in total. The molecule has 10 heteroatoms. The van der Waals surface area contributed by atoms with Crippen LogP contribution in [0.5, 0.6) is 11.5 Å². The Morgan fingerprint density at radius 1 is 1.08 bits per heavy atom. The first-order chi connectivity index (χ1) is 17.3. The number of aryl methyl sites for hydroxylation is 1. The van der Waals surface area contributed by atoms with Gasteiger partial charge in [0.1, 0.15) is 28.9 Å². The Kier molecular flexibility index (Phi) is 6.11. The molecule has 0 radical (unpaired) electrons. The van der Waals surface area contributed by atoms with Gasteiger partial charge in [-0.25, -0.2) is 4.98 Å². The number of thiazole rings is 1. The van der Waals surface area contributed by atoms with E-state index >= 15 is 0 Å². The molecule has 1 N–H and O–H groups in total. The van der Waals surface area contributed by atoms with Crippen LogP contribution in [0.1, 0.15) is 22.9 Å². The smallest absolute Gasteiger partial charge is 0.301 e. The molecule has 0 aliphatic carbocycles. The molecule has 2 aromatic carbocycles. The quantitative estimate of drug-likeness (QED) is 0.216. The van der Waals surface area contributed by atoms with E-state index in [4.69, 9.17) is 21.1 Å². The summed E-state index contributed by atoms with van der Waals surface area (Å²) in [5.41, 5.74) is 1.87. The van der Waals surface area contributed by atoms with Crippen molar-refractivity contribution in [1.82, 2.24) is 9.97 Å². The van der Waals surface area contributed by atoms with E-state index in [0.29, 0.717) is 16.2 Å². The Hall–Kier alpha value is -3.95. The number of pyridine rings is 1. The van der Waals surface area contributed by atoms with E-state index in [9.17, 15) is 14.7 Å². The fourth-order valence-electron chi connectivity index (χ4n) is 4.21. The summed E-state index contributed by atoms with van der Waals surface area (Å²) in [6, 6.07) is 12.7. The molecule has 0 saturated carbocycles. The number of carbonyl (C=O) groups is 2. The largest absolute Gasteiger partial charge is 0.506 e. The average Bonchev–Trinajstić information content (AvgIpc) is 3.41. The summed E-state index contributed by atoms with van der Waals surface area (Å²) in [4.78, 5) is 37.2. The number of rotatable bonds is 5. The first-order valence-electron chi connectivity index (χ1n) is 10.9. The lowest BCUT2D eigenvalue weighted by molar-refractivity contribution is -0.132. The van der Waals surface area contributed by atoms with Gasteiger partial charge < -0.3 is 14.6 Å². The van der Waals surface area contributed by atoms with E-state index in [2.05, 4.69) is 9.97 Å². The molecule has 1 amide bonds. The van der Waals surface area contributed by atoms with E-state index in [-0.39, 0.29) is 27.8 Å². The number of ketones is 1. The van der Waals surface area contributed by atoms with Gasteiger partial charge in [-0.2, -0.15) is 0 Å². The van der Waals surface area contributed by atoms with Gasteiger partial charge in [-0.3, -0.25) is 19.5 Å². The second kappa shape index (κ2) is 9.25. The van der Waals surface area contributed by atoms with Crippen LogP contribution in [0.3, 0.4) is 0 Å². The minimum absolute atomic E-state index is 0.144. The van der Waals surface area contributed by atoms with Crippen LogP contribution < -0.4 is 14.4 Å². The van der Waals surface area contributed by atoms with Crippen molar-refractivity contribution in [2.75, 3.05) is 19.1 Å². The second-order valence-corrected chi connectivity index (χ2v) is 9.44. The van der Waals surface area contributed by atoms with Crippen LogP contribution >= 0.6 is 22.9 Å². The van der Waals surface area contributed by atoms with Crippen LogP contribution in [-0.4, -0.2) is 41.0 Å². The zero-order valence-corrected chi connectivity index (χ0v) is 21.1. The van der Waals surface area contributed by atoms with Crippen LogP contribution in [0.2, 0.25) is 5.02 Å². The molecular formula is C26H20ClN3O5S. The summed E-state index contributed by atoms with van der Waals surface area (Å²) in [5, 5.41) is 12.3. The normalized spacial score (nSPS) is 17.1. The molecule has 1 aliphatic rings. The highest BCUT2D eigenvalue weighted by molar-refractivity contribution is 7.22. The van der Waals surface area contributed by atoms with Crippen molar-refractivity contribution >= 4 is 55.7 Å². The maximum atomic E-state index is 13.4. The molecule has 2 aromatic heterocycles. The third-order valence-electron chi connectivity index (χ3n) is 5.94. The highest BCUT2D eigenvalue weighted by Gasteiger charge is 2.49. The maximum Gasteiger partial charge on any atom is 0.301 e. The van der Waals surface area contributed by atoms with Crippen LogP contribution in [-0.2, 0) is 9.59 Å². The number of hydrogen-bond acceptors (Lipinski definition) is 8. The molecule has 3 heterocycles. The summed E-state index contributed by atoms with van der Waals surface area (Å²) >= 11 is 7.53. The van der Waals surface area contributed by atoms with Gasteiger partial charge in [-0.05, 0) is 48.9 Å². The number of aromatic nitrogens is 2. The molecule has 1 fully saturated rings. The number of aliphatic hydroxyl groups is 1. The zero-order chi connectivity index (χ0) is 25.6. The topological polar surface area (TPSA) is 102 Å². The van der Waals surface area contributed by atoms with E-state index in [1.54, 1.807) is 48.7 Å². The van der Waals surface area contributed by atoms with Gasteiger partial charge in [-0.1, -0.05) is 35.1 Å². The number of fused-ring (bicyclic) bond motifs is 1. The summed E-state index contributed by atoms with van der Waals surface area (Å²) < 4.78 is 11.7. The van der Waals surface area contributed by atoms with Crippen molar-refractivity contribution in [2.45, 2.75) is 13.0 Å². The second-order valence-electron chi connectivity index (χ2n) is 8.03. The zero-order valence-electron chi connectivity index (χ0n) is 19.5. The molecule has 1 atom stereocenters. The van der Waals surface area contributed by atoms with Gasteiger partial charge in [-0.15, -0.1) is 0 Å². The van der Waals surface area contributed by atoms with E-state index in [1.807, 2.05) is 13.0 Å². The van der Waals surface area contributed by atoms with Gasteiger partial charge in [0, 0.05) is 11.2 Å². The minimum Gasteiger partial charge on any atom is -0.506 e. The summed E-state index contributed by atoms with van der Waals surface area (Å²) in [6.07, 6.45) is 1.56. The van der Waals surface area contributed by atoms with Crippen LogP contribution in [0.15, 0.2) is 60.3 Å². The van der Waals surface area contributed by atoms with Crippen LogP contribution in [0.4, 0.5) is 5.13 Å². The monoisotopic (exact) mass is 521 g/mol. The minimum atomic E-state index is -1.03. The molecule has 0 spiro atoms. The van der Waals surface area contributed by atoms with Crippen LogP contribution in [0, 0.1) is 6.92 Å². The van der Waals surface area contributed by atoms with Crippen molar-refractivity contribution in [3.63, 3.8) is 0 Å². The summed E-state index contributed by atoms with van der Waals surface area (Å²) in [6.45, 7) is 1.88. The van der Waals surface area contributed by atoms with Crippen molar-refractivity contribution < 1.29 is 24.2 Å². The Balaban J connectivity index is 1.77. The van der Waals surface area contributed by atoms with Crippen molar-refractivity contribution in [3.8, 4) is 11.5 Å². The number of hydrogen-bond donors (Lipinski definition) is 1. The van der Waals surface area contributed by atoms with Gasteiger partial charge in [0.2, 0.25) is 0 Å². The number of anilines is 1. The van der Waals surface area contributed by atoms with Gasteiger partial charge >= 0.3 is 5.91 Å². The predicted octanol–water partition coefficient (Wildman–Crippen LogP) is 5.30.